The Bertz CT molecular complexity index is 671. The second-order valence-electron chi connectivity index (χ2n) is 5.92. The van der Waals surface area contributed by atoms with Gasteiger partial charge in [0.15, 0.2) is 0 Å². The highest BCUT2D eigenvalue weighted by atomic mass is 127. The molecule has 1 aliphatic rings. The lowest BCUT2D eigenvalue weighted by Crippen LogP contribution is -2.13. The van der Waals surface area contributed by atoms with Crippen LogP contribution in [0.2, 0.25) is 0 Å². The molecule has 0 fully saturated rings. The topological polar surface area (TPSA) is 25.2 Å². The van der Waals surface area contributed by atoms with Crippen molar-refractivity contribution in [1.29, 1.82) is 0 Å². The number of aliphatic hydroxyl groups is 1. The van der Waals surface area contributed by atoms with E-state index in [0.717, 1.165) is 25.7 Å². The van der Waals surface area contributed by atoms with Crippen molar-refractivity contribution in [3.05, 3.63) is 45.2 Å². The van der Waals surface area contributed by atoms with Crippen molar-refractivity contribution in [2.45, 2.75) is 44.6 Å². The predicted octanol–water partition coefficient (Wildman–Crippen LogP) is 4.58. The molecule has 0 bridgehead atoms. The Morgan fingerprint density at radius 2 is 2.10 bits per heavy atom. The van der Waals surface area contributed by atoms with Crippen LogP contribution in [0.3, 0.4) is 0 Å². The minimum atomic E-state index is -0.264. The summed E-state index contributed by atoms with van der Waals surface area (Å²) >= 11 is 2.43. The number of para-hydroxylation sites is 1. The van der Waals surface area contributed by atoms with Crippen molar-refractivity contribution in [1.82, 2.24) is 4.57 Å². The molecule has 3 rings (SSSR count). The van der Waals surface area contributed by atoms with Gasteiger partial charge in [0.05, 0.1) is 9.80 Å². The molecule has 1 aromatic heterocycles. The molecule has 1 aliphatic carbocycles. The Hall–Kier alpha value is -0.810. The lowest BCUT2D eigenvalue weighted by Gasteiger charge is -2.18. The molecule has 0 saturated carbocycles. The average Bonchev–Trinajstić information content (AvgIpc) is 2.78. The van der Waals surface area contributed by atoms with Gasteiger partial charge < -0.3 is 9.67 Å². The fourth-order valence-corrected chi connectivity index (χ4v) is 4.13. The molecule has 112 valence electrons. The van der Waals surface area contributed by atoms with Crippen molar-refractivity contribution in [3.63, 3.8) is 0 Å². The van der Waals surface area contributed by atoms with Gasteiger partial charge in [0, 0.05) is 18.0 Å². The van der Waals surface area contributed by atoms with Crippen molar-refractivity contribution < 1.29 is 5.11 Å². The molecule has 0 saturated heterocycles. The van der Waals surface area contributed by atoms with Crippen LogP contribution >= 0.6 is 22.6 Å². The minimum Gasteiger partial charge on any atom is -0.389 e. The van der Waals surface area contributed by atoms with Crippen LogP contribution in [-0.2, 0) is 13.5 Å². The normalized spacial score (nSPS) is 17.0. The van der Waals surface area contributed by atoms with Gasteiger partial charge in [-0.2, -0.15) is 0 Å². The van der Waals surface area contributed by atoms with Crippen molar-refractivity contribution in [3.8, 4) is 0 Å². The Morgan fingerprint density at radius 1 is 1.29 bits per heavy atom. The number of halogens is 1. The zero-order chi connectivity index (χ0) is 14.8. The van der Waals surface area contributed by atoms with Crippen LogP contribution in [0.4, 0.5) is 0 Å². The predicted molar refractivity (Wildman–Crippen MR) is 96.5 cm³/mol. The summed E-state index contributed by atoms with van der Waals surface area (Å²) < 4.78 is 3.54. The van der Waals surface area contributed by atoms with Gasteiger partial charge in [0.1, 0.15) is 0 Å². The molecule has 1 aromatic carbocycles. The molecule has 1 atom stereocenters. The standard InChI is InChI=1S/C18H22INO/c1-20-16-10-6-5-9-14(16)15(18(20)19)11-12-17(21)13-7-3-2-4-8-13/h5-7,9-10,17,21H,2-4,8,11-12H2,1H3. The number of allylic oxidation sites excluding steroid dienone is 1. The van der Waals surface area contributed by atoms with Crippen molar-refractivity contribution in [2.75, 3.05) is 0 Å². The molecule has 0 radical (unpaired) electrons. The van der Waals surface area contributed by atoms with Gasteiger partial charge in [-0.25, -0.2) is 0 Å². The quantitative estimate of drug-likeness (QED) is 0.595. The first-order chi connectivity index (χ1) is 10.2. The van der Waals surface area contributed by atoms with E-state index in [9.17, 15) is 5.11 Å². The maximum Gasteiger partial charge on any atom is 0.0839 e. The van der Waals surface area contributed by atoms with E-state index >= 15 is 0 Å². The molecule has 0 aliphatic heterocycles. The van der Waals surface area contributed by atoms with E-state index in [0.29, 0.717) is 0 Å². The second-order valence-corrected chi connectivity index (χ2v) is 6.95. The van der Waals surface area contributed by atoms with Crippen molar-refractivity contribution >= 4 is 33.5 Å². The summed E-state index contributed by atoms with van der Waals surface area (Å²) in [5.74, 6) is 0. The zero-order valence-corrected chi connectivity index (χ0v) is 14.6. The molecule has 1 heterocycles. The third-order valence-corrected chi connectivity index (χ3v) is 5.93. The van der Waals surface area contributed by atoms with E-state index < -0.39 is 0 Å². The van der Waals surface area contributed by atoms with E-state index in [1.807, 2.05) is 0 Å². The fourth-order valence-electron chi connectivity index (χ4n) is 3.31. The van der Waals surface area contributed by atoms with Crippen LogP contribution in [0.15, 0.2) is 35.9 Å². The van der Waals surface area contributed by atoms with Crippen molar-refractivity contribution in [2.24, 2.45) is 7.05 Å². The van der Waals surface area contributed by atoms with Crippen LogP contribution in [0.25, 0.3) is 10.9 Å². The molecular weight excluding hydrogens is 373 g/mol. The van der Waals surface area contributed by atoms with E-state index in [-0.39, 0.29) is 6.10 Å². The van der Waals surface area contributed by atoms with Gasteiger partial charge in [-0.1, -0.05) is 24.3 Å². The van der Waals surface area contributed by atoms with Gasteiger partial charge in [0.25, 0.3) is 0 Å². The minimum absolute atomic E-state index is 0.264. The van der Waals surface area contributed by atoms with Crippen LogP contribution in [0.5, 0.6) is 0 Å². The molecular formula is C18H22INO. The van der Waals surface area contributed by atoms with E-state index in [1.165, 1.54) is 38.6 Å². The summed E-state index contributed by atoms with van der Waals surface area (Å²) in [7, 11) is 2.12. The number of benzene rings is 1. The number of aryl methyl sites for hydroxylation is 2. The first kappa shape index (κ1) is 15.1. The summed E-state index contributed by atoms with van der Waals surface area (Å²) in [5.41, 5.74) is 3.92. The third-order valence-electron chi connectivity index (χ3n) is 4.56. The Kier molecular flexibility index (Phi) is 4.69. The SMILES string of the molecule is Cn1c(I)c(CCC(O)C2=CCCCC2)c2ccccc21. The van der Waals surface area contributed by atoms with Gasteiger partial charge >= 0.3 is 0 Å². The lowest BCUT2D eigenvalue weighted by atomic mass is 9.92. The number of aliphatic hydroxyl groups excluding tert-OH is 1. The first-order valence-corrected chi connectivity index (χ1v) is 8.85. The van der Waals surface area contributed by atoms with E-state index in [4.69, 9.17) is 0 Å². The highest BCUT2D eigenvalue weighted by molar-refractivity contribution is 14.1. The van der Waals surface area contributed by atoms with Crippen LogP contribution in [0, 0.1) is 3.70 Å². The maximum atomic E-state index is 10.4. The van der Waals surface area contributed by atoms with Gasteiger partial charge in [-0.3, -0.25) is 0 Å². The average molecular weight is 395 g/mol. The molecule has 1 unspecified atom stereocenters. The molecule has 3 heteroatoms. The number of rotatable bonds is 4. The highest BCUT2D eigenvalue weighted by Crippen LogP contribution is 2.29. The molecule has 2 aromatic rings. The first-order valence-electron chi connectivity index (χ1n) is 7.77. The van der Waals surface area contributed by atoms with Crippen LogP contribution < -0.4 is 0 Å². The van der Waals surface area contributed by atoms with E-state index in [2.05, 4.69) is 64.5 Å². The molecule has 0 spiro atoms. The van der Waals surface area contributed by atoms with Gasteiger partial charge in [-0.05, 0) is 78.3 Å². The molecule has 2 nitrogen and oxygen atoms in total. The summed E-state index contributed by atoms with van der Waals surface area (Å²) in [6, 6.07) is 8.55. The largest absolute Gasteiger partial charge is 0.389 e. The number of hydrogen-bond acceptors (Lipinski definition) is 1. The number of nitrogens with zero attached hydrogens (tertiary/aromatic N) is 1. The molecule has 21 heavy (non-hydrogen) atoms. The zero-order valence-electron chi connectivity index (χ0n) is 12.5. The van der Waals surface area contributed by atoms with Gasteiger partial charge in [-0.15, -0.1) is 0 Å². The number of hydrogen-bond donors (Lipinski definition) is 1. The van der Waals surface area contributed by atoms with Crippen LogP contribution in [-0.4, -0.2) is 15.8 Å². The Balaban J connectivity index is 1.79. The summed E-state index contributed by atoms with van der Waals surface area (Å²) in [5, 5.41) is 11.8. The van der Waals surface area contributed by atoms with Gasteiger partial charge in [0.2, 0.25) is 0 Å². The third kappa shape index (κ3) is 3.04. The Morgan fingerprint density at radius 3 is 2.86 bits per heavy atom. The maximum absolute atomic E-state index is 10.4. The molecule has 1 N–H and O–H groups in total. The summed E-state index contributed by atoms with van der Waals surface area (Å²) in [6.07, 6.45) is 8.48. The fraction of sp³-hybridized carbons (Fsp3) is 0.444. The smallest absolute Gasteiger partial charge is 0.0839 e. The summed E-state index contributed by atoms with van der Waals surface area (Å²) in [6.45, 7) is 0. The number of aromatic nitrogens is 1. The monoisotopic (exact) mass is 395 g/mol. The summed E-state index contributed by atoms with van der Waals surface area (Å²) in [4.78, 5) is 0. The Labute approximate surface area is 140 Å². The van der Waals surface area contributed by atoms with Crippen LogP contribution in [0.1, 0.15) is 37.7 Å². The highest BCUT2D eigenvalue weighted by Gasteiger charge is 2.17. The molecule has 0 amide bonds. The number of fused-ring (bicyclic) bond motifs is 1. The second kappa shape index (κ2) is 6.53. The van der Waals surface area contributed by atoms with E-state index in [1.54, 1.807) is 0 Å². The lowest BCUT2D eigenvalue weighted by molar-refractivity contribution is 0.194.